The molecular formula is C26H25F3N6O2. The number of halogens is 3. The second kappa shape index (κ2) is 10.5. The molecule has 1 aliphatic rings. The first-order valence-corrected chi connectivity index (χ1v) is 11.9. The number of amides is 1. The van der Waals surface area contributed by atoms with Crippen LogP contribution in [0.5, 0.6) is 5.75 Å². The van der Waals surface area contributed by atoms with Crippen LogP contribution in [0.3, 0.4) is 0 Å². The molecule has 2 aromatic carbocycles. The van der Waals surface area contributed by atoms with Gasteiger partial charge in [0.05, 0.1) is 0 Å². The van der Waals surface area contributed by atoms with Crippen molar-refractivity contribution in [2.24, 2.45) is 5.92 Å². The van der Waals surface area contributed by atoms with Crippen molar-refractivity contribution >= 4 is 23.2 Å². The number of ether oxygens (including phenoxy) is 1. The van der Waals surface area contributed by atoms with Crippen molar-refractivity contribution in [1.29, 1.82) is 0 Å². The molecule has 3 N–H and O–H groups in total. The SMILES string of the molecule is O=C(NCC1CCNCC1)c1ccc(Nc2nc3c(-c4ccc(OC(F)(F)F)cc4)cccn3n2)cc1. The van der Waals surface area contributed by atoms with E-state index in [9.17, 15) is 18.0 Å². The fourth-order valence-corrected chi connectivity index (χ4v) is 4.28. The first kappa shape index (κ1) is 24.6. The van der Waals surface area contributed by atoms with Gasteiger partial charge in [0.15, 0.2) is 5.65 Å². The van der Waals surface area contributed by atoms with Crippen LogP contribution >= 0.6 is 0 Å². The Kier molecular flexibility index (Phi) is 6.95. The lowest BCUT2D eigenvalue weighted by Crippen LogP contribution is -2.35. The van der Waals surface area contributed by atoms with Crippen molar-refractivity contribution in [3.05, 3.63) is 72.4 Å². The van der Waals surface area contributed by atoms with Crippen LogP contribution in [0.15, 0.2) is 66.9 Å². The van der Waals surface area contributed by atoms with Gasteiger partial charge in [0.2, 0.25) is 5.95 Å². The molecule has 0 bridgehead atoms. The Morgan fingerprint density at radius 2 is 1.78 bits per heavy atom. The summed E-state index contributed by atoms with van der Waals surface area (Å²) < 4.78 is 42.9. The van der Waals surface area contributed by atoms with Gasteiger partial charge in [-0.1, -0.05) is 12.1 Å². The van der Waals surface area contributed by atoms with Crippen molar-refractivity contribution in [2.75, 3.05) is 25.0 Å². The third-order valence-electron chi connectivity index (χ3n) is 6.17. The predicted octanol–water partition coefficient (Wildman–Crippen LogP) is 4.77. The van der Waals surface area contributed by atoms with Crippen molar-refractivity contribution in [3.8, 4) is 16.9 Å². The minimum atomic E-state index is -4.75. The summed E-state index contributed by atoms with van der Waals surface area (Å²) in [5.74, 6) is 0.443. The number of fused-ring (bicyclic) bond motifs is 1. The lowest BCUT2D eigenvalue weighted by molar-refractivity contribution is -0.274. The zero-order valence-electron chi connectivity index (χ0n) is 19.8. The highest BCUT2D eigenvalue weighted by atomic mass is 19.4. The normalized spacial score (nSPS) is 14.5. The van der Waals surface area contributed by atoms with E-state index in [1.807, 2.05) is 6.07 Å². The molecule has 2 aromatic heterocycles. The van der Waals surface area contributed by atoms with E-state index in [0.717, 1.165) is 25.9 Å². The fourth-order valence-electron chi connectivity index (χ4n) is 4.28. The minimum absolute atomic E-state index is 0.104. The average molecular weight is 511 g/mol. The highest BCUT2D eigenvalue weighted by molar-refractivity contribution is 5.94. The van der Waals surface area contributed by atoms with E-state index in [2.05, 4.69) is 30.8 Å². The topological polar surface area (TPSA) is 92.6 Å². The van der Waals surface area contributed by atoms with Crippen molar-refractivity contribution in [3.63, 3.8) is 0 Å². The first-order chi connectivity index (χ1) is 17.8. The van der Waals surface area contributed by atoms with Crippen LogP contribution in [0.4, 0.5) is 24.8 Å². The lowest BCUT2D eigenvalue weighted by Gasteiger charge is -2.22. The monoisotopic (exact) mass is 510 g/mol. The molecule has 0 atom stereocenters. The number of aromatic nitrogens is 3. The molecule has 0 spiro atoms. The smallest absolute Gasteiger partial charge is 0.406 e. The van der Waals surface area contributed by atoms with Crippen LogP contribution in [0, 0.1) is 5.92 Å². The number of hydrogen-bond acceptors (Lipinski definition) is 6. The molecule has 0 saturated carbocycles. The summed E-state index contributed by atoms with van der Waals surface area (Å²) in [5.41, 5.74) is 3.17. The Balaban J connectivity index is 1.26. The maximum Gasteiger partial charge on any atom is 0.573 e. The number of pyridine rings is 1. The quantitative estimate of drug-likeness (QED) is 0.332. The van der Waals surface area contributed by atoms with Crippen LogP contribution in [-0.2, 0) is 0 Å². The Morgan fingerprint density at radius 1 is 1.05 bits per heavy atom. The third-order valence-corrected chi connectivity index (χ3v) is 6.17. The van der Waals surface area contributed by atoms with Crippen molar-refractivity contribution in [1.82, 2.24) is 25.2 Å². The van der Waals surface area contributed by atoms with E-state index < -0.39 is 6.36 Å². The number of nitrogens with one attached hydrogen (secondary N) is 3. The summed E-state index contributed by atoms with van der Waals surface area (Å²) in [6.45, 7) is 2.65. The van der Waals surface area contributed by atoms with Gasteiger partial charge in [-0.3, -0.25) is 4.79 Å². The van der Waals surface area contributed by atoms with Gasteiger partial charge in [-0.05, 0) is 85.9 Å². The second-order valence-corrected chi connectivity index (χ2v) is 8.80. The van der Waals surface area contributed by atoms with E-state index in [0.29, 0.717) is 46.4 Å². The van der Waals surface area contributed by atoms with Crippen molar-refractivity contribution < 1.29 is 22.7 Å². The van der Waals surface area contributed by atoms with E-state index in [4.69, 9.17) is 0 Å². The second-order valence-electron chi connectivity index (χ2n) is 8.80. The molecule has 192 valence electrons. The largest absolute Gasteiger partial charge is 0.573 e. The summed E-state index contributed by atoms with van der Waals surface area (Å²) in [5, 5.41) is 13.9. The third kappa shape index (κ3) is 6.18. The van der Waals surface area contributed by atoms with Gasteiger partial charge in [-0.25, -0.2) is 4.52 Å². The molecule has 0 unspecified atom stereocenters. The van der Waals surface area contributed by atoms with Gasteiger partial charge in [-0.2, -0.15) is 4.98 Å². The molecule has 37 heavy (non-hydrogen) atoms. The van der Waals surface area contributed by atoms with Gasteiger partial charge >= 0.3 is 6.36 Å². The van der Waals surface area contributed by atoms with Gasteiger partial charge in [0.1, 0.15) is 5.75 Å². The standard InChI is InChI=1S/C26H25F3N6O2/c27-26(28,29)37-21-9-5-18(6-10-21)22-2-1-15-35-23(22)33-25(34-35)32-20-7-3-19(4-8-20)24(36)31-16-17-11-13-30-14-12-17/h1-10,15,17,30H,11-14,16H2,(H,31,36)(H,32,34). The van der Waals surface area contributed by atoms with Crippen LogP contribution in [0.1, 0.15) is 23.2 Å². The minimum Gasteiger partial charge on any atom is -0.406 e. The van der Waals surface area contributed by atoms with Gasteiger partial charge in [0.25, 0.3) is 5.91 Å². The number of piperidine rings is 1. The Labute approximate surface area is 210 Å². The maximum atomic E-state index is 12.5. The van der Waals surface area contributed by atoms with Gasteiger partial charge in [-0.15, -0.1) is 18.3 Å². The van der Waals surface area contributed by atoms with Gasteiger partial charge in [0, 0.05) is 29.6 Å². The maximum absolute atomic E-state index is 12.5. The van der Waals surface area contributed by atoms with Gasteiger partial charge < -0.3 is 20.7 Å². The molecular weight excluding hydrogens is 485 g/mol. The zero-order valence-corrected chi connectivity index (χ0v) is 19.8. The highest BCUT2D eigenvalue weighted by Gasteiger charge is 2.31. The highest BCUT2D eigenvalue weighted by Crippen LogP contribution is 2.29. The average Bonchev–Trinajstić information content (AvgIpc) is 3.30. The van der Waals surface area contributed by atoms with Crippen LogP contribution in [-0.4, -0.2) is 46.5 Å². The fraction of sp³-hybridized carbons (Fsp3) is 0.269. The lowest BCUT2D eigenvalue weighted by atomic mass is 9.98. The summed E-state index contributed by atoms with van der Waals surface area (Å²) in [7, 11) is 0. The predicted molar refractivity (Wildman–Crippen MR) is 133 cm³/mol. The van der Waals surface area contributed by atoms with Crippen LogP contribution < -0.4 is 20.7 Å². The number of carbonyl (C=O) groups is 1. The molecule has 4 aromatic rings. The molecule has 1 saturated heterocycles. The molecule has 11 heteroatoms. The number of nitrogens with zero attached hydrogens (tertiary/aromatic N) is 3. The molecule has 1 fully saturated rings. The number of hydrogen-bond donors (Lipinski definition) is 3. The summed E-state index contributed by atoms with van der Waals surface area (Å²) in [6.07, 6.45) is -0.888. The molecule has 8 nitrogen and oxygen atoms in total. The molecule has 3 heterocycles. The van der Waals surface area contributed by atoms with Crippen molar-refractivity contribution in [2.45, 2.75) is 19.2 Å². The van der Waals surface area contributed by atoms with E-state index in [1.165, 1.54) is 24.3 Å². The summed E-state index contributed by atoms with van der Waals surface area (Å²) in [6, 6.07) is 16.2. The number of alkyl halides is 3. The molecule has 1 aliphatic heterocycles. The van der Waals surface area contributed by atoms with Crippen LogP contribution in [0.25, 0.3) is 16.8 Å². The number of anilines is 2. The Bertz CT molecular complexity index is 1360. The number of rotatable bonds is 7. The first-order valence-electron chi connectivity index (χ1n) is 11.9. The Hall–Kier alpha value is -4.12. The summed E-state index contributed by atoms with van der Waals surface area (Å²) >= 11 is 0. The molecule has 1 amide bonds. The summed E-state index contributed by atoms with van der Waals surface area (Å²) in [4.78, 5) is 17.0. The zero-order chi connectivity index (χ0) is 25.8. The molecule has 0 aliphatic carbocycles. The number of carbonyl (C=O) groups excluding carboxylic acids is 1. The molecule has 0 radical (unpaired) electrons. The van der Waals surface area contributed by atoms with E-state index in [-0.39, 0.29) is 11.7 Å². The Morgan fingerprint density at radius 3 is 2.49 bits per heavy atom. The van der Waals surface area contributed by atoms with E-state index >= 15 is 0 Å². The number of benzene rings is 2. The van der Waals surface area contributed by atoms with E-state index in [1.54, 1.807) is 41.0 Å². The molecule has 5 rings (SSSR count). The van der Waals surface area contributed by atoms with Crippen LogP contribution in [0.2, 0.25) is 0 Å².